The number of fused-ring (bicyclic) bond motifs is 1. The Morgan fingerprint density at radius 2 is 2.13 bits per heavy atom. The molecule has 1 saturated heterocycles. The number of aliphatic hydroxyl groups is 2. The van der Waals surface area contributed by atoms with Crippen molar-refractivity contribution < 1.29 is 38.8 Å². The second-order valence-corrected chi connectivity index (χ2v) is 9.80. The van der Waals surface area contributed by atoms with Crippen LogP contribution in [0.15, 0.2) is 6.33 Å². The molecule has 3 rings (SSSR count). The molecule has 0 saturated carbocycles. The Morgan fingerprint density at radius 1 is 1.43 bits per heavy atom. The lowest BCUT2D eigenvalue weighted by Gasteiger charge is -2.19. The summed E-state index contributed by atoms with van der Waals surface area (Å²) in [5.41, 5.74) is 6.13. The molecule has 1 fully saturated rings. The lowest BCUT2D eigenvalue weighted by Crippen LogP contribution is -2.33. The summed E-state index contributed by atoms with van der Waals surface area (Å²) in [7, 11) is -4.83. The normalized spacial score (nSPS) is 25.5. The first kappa shape index (κ1) is 23.2. The average Bonchev–Trinajstić information content (AvgIpc) is 3.17. The van der Waals surface area contributed by atoms with Crippen LogP contribution >= 0.6 is 31.0 Å². The number of anilines is 1. The minimum atomic E-state index is -4.83. The Balaban J connectivity index is 1.79. The molecule has 0 radical (unpaired) electrons. The number of carbonyl (C=O) groups is 1. The highest BCUT2D eigenvalue weighted by Crippen LogP contribution is 2.48. The number of ether oxygens (including phenoxy) is 2. The lowest BCUT2D eigenvalue weighted by atomic mass is 10.1. The van der Waals surface area contributed by atoms with Crippen molar-refractivity contribution >= 4 is 53.9 Å². The quantitative estimate of drug-likeness (QED) is 0.191. The van der Waals surface area contributed by atoms with Crippen molar-refractivity contribution in [3.05, 3.63) is 11.6 Å². The van der Waals surface area contributed by atoms with Crippen molar-refractivity contribution in [2.75, 3.05) is 18.1 Å². The summed E-state index contributed by atoms with van der Waals surface area (Å²) in [6, 6.07) is 0. The molecule has 13 nitrogen and oxygen atoms in total. The van der Waals surface area contributed by atoms with E-state index in [1.165, 1.54) is 17.8 Å². The number of rotatable bonds is 7. The third kappa shape index (κ3) is 4.55. The van der Waals surface area contributed by atoms with Gasteiger partial charge in [0, 0.05) is 5.75 Å². The minimum absolute atomic E-state index is 0.0165. The van der Waals surface area contributed by atoms with Gasteiger partial charge in [-0.3, -0.25) is 13.9 Å². The zero-order valence-electron chi connectivity index (χ0n) is 15.4. The predicted molar refractivity (Wildman–Crippen MR) is 106 cm³/mol. The monoisotopic (exact) mass is 483 g/mol. The molecule has 1 unspecified atom stereocenters. The van der Waals surface area contributed by atoms with Gasteiger partial charge in [-0.05, 0) is 18.5 Å². The van der Waals surface area contributed by atoms with Gasteiger partial charge in [0.05, 0.1) is 19.0 Å². The predicted octanol–water partition coefficient (Wildman–Crippen LogP) is -0.519. The van der Waals surface area contributed by atoms with Crippen LogP contribution in [-0.2, 0) is 18.8 Å². The fraction of sp³-hybridized carbons (Fsp3) is 0.571. The van der Waals surface area contributed by atoms with Gasteiger partial charge < -0.3 is 35.2 Å². The second-order valence-electron chi connectivity index (χ2n) is 6.28. The highest BCUT2D eigenvalue weighted by Gasteiger charge is 2.46. The Labute approximate surface area is 178 Å². The van der Waals surface area contributed by atoms with Gasteiger partial charge in [-0.1, -0.05) is 0 Å². The first-order valence-electron chi connectivity index (χ1n) is 8.55. The summed E-state index contributed by atoms with van der Waals surface area (Å²) < 4.78 is 23.3. The Hall–Kier alpha value is -1.51. The van der Waals surface area contributed by atoms with Crippen LogP contribution in [0.3, 0.4) is 0 Å². The number of imidazole rings is 1. The Kier molecular flexibility index (Phi) is 6.89. The number of nitrogens with two attached hydrogens (primary N) is 1. The van der Waals surface area contributed by atoms with Crippen LogP contribution < -0.4 is 5.73 Å². The fourth-order valence-corrected chi connectivity index (χ4v) is 5.30. The van der Waals surface area contributed by atoms with E-state index in [2.05, 4.69) is 19.7 Å². The average molecular weight is 484 g/mol. The van der Waals surface area contributed by atoms with Crippen molar-refractivity contribution in [3.8, 4) is 0 Å². The highest BCUT2D eigenvalue weighted by atomic mass is 35.5. The number of halogens is 1. The zero-order chi connectivity index (χ0) is 22.2. The summed E-state index contributed by atoms with van der Waals surface area (Å²) in [5.74, 6) is -1.28. The van der Waals surface area contributed by atoms with E-state index in [0.717, 1.165) is 0 Å². The number of aromatic nitrogens is 4. The fourth-order valence-electron chi connectivity index (χ4n) is 2.90. The summed E-state index contributed by atoms with van der Waals surface area (Å²) in [6.07, 6.45) is -3.78. The van der Waals surface area contributed by atoms with E-state index in [-0.39, 0.29) is 34.6 Å². The van der Waals surface area contributed by atoms with Crippen LogP contribution in [0.4, 0.5) is 5.82 Å². The lowest BCUT2D eigenvalue weighted by molar-refractivity contribution is -0.141. The van der Waals surface area contributed by atoms with Crippen molar-refractivity contribution in [1.29, 1.82) is 0 Å². The van der Waals surface area contributed by atoms with Crippen LogP contribution in [0.2, 0.25) is 5.28 Å². The molecule has 0 aliphatic carbocycles. The van der Waals surface area contributed by atoms with Crippen LogP contribution in [0, 0.1) is 0 Å². The maximum Gasteiger partial charge on any atom is 0.349 e. The summed E-state index contributed by atoms with van der Waals surface area (Å²) in [6.45, 7) is 1.45. The van der Waals surface area contributed by atoms with Gasteiger partial charge in [-0.15, -0.1) is 11.8 Å². The molecule has 0 spiro atoms. The van der Waals surface area contributed by atoms with E-state index in [1.807, 2.05) is 0 Å². The number of carbonyl (C=O) groups excluding carboxylic acids is 1. The van der Waals surface area contributed by atoms with E-state index >= 15 is 0 Å². The first-order valence-corrected chi connectivity index (χ1v) is 11.7. The van der Waals surface area contributed by atoms with Crippen LogP contribution in [-0.4, -0.2) is 81.2 Å². The Bertz CT molecular complexity index is 989. The van der Waals surface area contributed by atoms with Gasteiger partial charge in [0.2, 0.25) is 10.3 Å². The second kappa shape index (κ2) is 8.93. The maximum atomic E-state index is 11.9. The summed E-state index contributed by atoms with van der Waals surface area (Å²) in [5, 5.41) is 20.6. The van der Waals surface area contributed by atoms with E-state index in [4.69, 9.17) is 22.1 Å². The molecule has 0 aromatic carbocycles. The topological polar surface area (TPSA) is 203 Å². The molecule has 2 aromatic heterocycles. The van der Waals surface area contributed by atoms with E-state index < -0.39 is 43.1 Å². The summed E-state index contributed by atoms with van der Waals surface area (Å²) >= 11 is 6.38. The number of nitrogens with zero attached hydrogens (tertiary/aromatic N) is 4. The number of nitrogen functional groups attached to an aromatic ring is 1. The first-order chi connectivity index (χ1) is 14.0. The molecular formula is C14H19ClN5O8PS. The third-order valence-electron chi connectivity index (χ3n) is 4.24. The summed E-state index contributed by atoms with van der Waals surface area (Å²) in [4.78, 5) is 40.8. The molecule has 3 heterocycles. The van der Waals surface area contributed by atoms with Crippen molar-refractivity contribution in [1.82, 2.24) is 19.5 Å². The van der Waals surface area contributed by atoms with Gasteiger partial charge in [0.1, 0.15) is 17.7 Å². The Morgan fingerprint density at radius 3 is 2.77 bits per heavy atom. The molecule has 1 aliphatic rings. The minimum Gasteiger partial charge on any atom is -0.465 e. The van der Waals surface area contributed by atoms with Crippen LogP contribution in [0.5, 0.6) is 0 Å². The molecule has 2 aromatic rings. The molecule has 30 heavy (non-hydrogen) atoms. The van der Waals surface area contributed by atoms with Gasteiger partial charge in [0.15, 0.2) is 17.7 Å². The number of thioether (sulfide) groups is 1. The zero-order valence-corrected chi connectivity index (χ0v) is 17.9. The van der Waals surface area contributed by atoms with Gasteiger partial charge in [-0.2, -0.15) is 9.97 Å². The standard InChI is InChI=1S/C14H19ClN5O8PS/c1-2-27-12(23)13(29(24,25)26)30-3-5-7(21)8(22)11(28-5)20-4-17-6-9(16)18-14(15)19-10(6)20/h4-5,7-8,11,13,21-22H,2-3H2,1H3,(H2,16,18,19)(H2,24,25,26)/t5-,7-,8-,11-,13?/m1/s1. The third-order valence-corrected chi connectivity index (χ3v) is 7.54. The molecule has 166 valence electrons. The van der Waals surface area contributed by atoms with Crippen LogP contribution in [0.1, 0.15) is 13.2 Å². The largest absolute Gasteiger partial charge is 0.465 e. The number of hydrogen-bond donors (Lipinski definition) is 5. The molecule has 16 heteroatoms. The number of esters is 1. The van der Waals surface area contributed by atoms with Crippen molar-refractivity contribution in [3.63, 3.8) is 0 Å². The number of aliphatic hydroxyl groups excluding tert-OH is 2. The molecule has 5 atom stereocenters. The van der Waals surface area contributed by atoms with E-state index in [9.17, 15) is 29.4 Å². The molecule has 6 N–H and O–H groups in total. The molecule has 0 bridgehead atoms. The van der Waals surface area contributed by atoms with Gasteiger partial charge in [-0.25, -0.2) is 4.98 Å². The van der Waals surface area contributed by atoms with Crippen LogP contribution in [0.25, 0.3) is 11.2 Å². The highest BCUT2D eigenvalue weighted by molar-refractivity contribution is 8.06. The van der Waals surface area contributed by atoms with Gasteiger partial charge in [0.25, 0.3) is 0 Å². The van der Waals surface area contributed by atoms with Crippen molar-refractivity contribution in [2.24, 2.45) is 0 Å². The number of hydrogen-bond acceptors (Lipinski definition) is 11. The van der Waals surface area contributed by atoms with E-state index in [1.54, 1.807) is 0 Å². The van der Waals surface area contributed by atoms with Crippen molar-refractivity contribution in [2.45, 2.75) is 36.5 Å². The van der Waals surface area contributed by atoms with E-state index in [0.29, 0.717) is 11.8 Å². The van der Waals surface area contributed by atoms with Gasteiger partial charge >= 0.3 is 13.6 Å². The maximum absolute atomic E-state index is 11.9. The molecule has 1 aliphatic heterocycles. The smallest absolute Gasteiger partial charge is 0.349 e. The molecular weight excluding hydrogens is 465 g/mol. The molecule has 0 amide bonds. The SMILES string of the molecule is CCOC(=O)C(SC[C@H]1O[C@@H](n2cnc3c(N)nc(Cl)nc32)[C@H](O)[C@@H]1O)P(=O)(O)O.